The van der Waals surface area contributed by atoms with Gasteiger partial charge in [0.25, 0.3) is 5.56 Å². The fraction of sp³-hybridized carbons (Fsp3) is 0.484. The standard InChI is InChI=1S/C31H37N3O5/c1-8-31(39-30(5,6)7)24-15-26-27-22(16-34(26)28(36)23(24)17-38-29(31)37)20(13-14-33(18(2)3)19(4)35)21-11-9-10-12-25(21)32-27/h9-12,15,18H,8,13-14,16-17H2,1-7H3/t31-/m0/s1. The molecule has 0 saturated heterocycles. The number of hydrogen-bond donors (Lipinski definition) is 0. The minimum absolute atomic E-state index is 0.0339. The third kappa shape index (κ3) is 4.44. The SMILES string of the molecule is CC[C@@]1(OC(C)(C)C)C(=O)OCc2c1cc1n(c2=O)Cc2c-1nc1ccccc1c2CCN(C(C)=O)C(C)C. The summed E-state index contributed by atoms with van der Waals surface area (Å²) < 4.78 is 13.7. The molecule has 2 aliphatic heterocycles. The fourth-order valence-electron chi connectivity index (χ4n) is 6.09. The van der Waals surface area contributed by atoms with Gasteiger partial charge in [0, 0.05) is 36.0 Å². The van der Waals surface area contributed by atoms with E-state index in [4.69, 9.17) is 14.5 Å². The van der Waals surface area contributed by atoms with Gasteiger partial charge in [-0.15, -0.1) is 0 Å². The van der Waals surface area contributed by atoms with E-state index in [1.807, 2.05) is 76.8 Å². The average molecular weight is 532 g/mol. The van der Waals surface area contributed by atoms with E-state index in [1.165, 1.54) is 0 Å². The van der Waals surface area contributed by atoms with Crippen molar-refractivity contribution in [1.29, 1.82) is 0 Å². The van der Waals surface area contributed by atoms with Crippen molar-refractivity contribution in [2.24, 2.45) is 0 Å². The van der Waals surface area contributed by atoms with Crippen LogP contribution < -0.4 is 5.56 Å². The van der Waals surface area contributed by atoms with Crippen molar-refractivity contribution in [3.05, 3.63) is 62.9 Å². The summed E-state index contributed by atoms with van der Waals surface area (Å²) in [6.45, 7) is 14.0. The number of nitrogens with zero attached hydrogens (tertiary/aromatic N) is 3. The Morgan fingerprint density at radius 2 is 1.92 bits per heavy atom. The van der Waals surface area contributed by atoms with E-state index < -0.39 is 17.2 Å². The number of pyridine rings is 2. The number of benzene rings is 1. The first-order valence-electron chi connectivity index (χ1n) is 13.7. The van der Waals surface area contributed by atoms with Crippen LogP contribution >= 0.6 is 0 Å². The van der Waals surface area contributed by atoms with Gasteiger partial charge in [-0.25, -0.2) is 9.78 Å². The average Bonchev–Trinajstić information content (AvgIpc) is 3.23. The zero-order chi connectivity index (χ0) is 28.3. The Hall–Kier alpha value is -3.52. The molecule has 0 bridgehead atoms. The molecule has 39 heavy (non-hydrogen) atoms. The quantitative estimate of drug-likeness (QED) is 0.335. The van der Waals surface area contributed by atoms with Crippen LogP contribution in [0.5, 0.6) is 0 Å². The Bertz CT molecular complexity index is 1550. The normalized spacial score (nSPS) is 18.1. The molecular formula is C31H37N3O5. The first-order chi connectivity index (χ1) is 18.4. The predicted molar refractivity (Wildman–Crippen MR) is 149 cm³/mol. The minimum Gasteiger partial charge on any atom is -0.458 e. The number of aromatic nitrogens is 2. The molecule has 4 heterocycles. The van der Waals surface area contributed by atoms with Gasteiger partial charge in [-0.2, -0.15) is 0 Å². The van der Waals surface area contributed by atoms with Crippen molar-refractivity contribution in [3.63, 3.8) is 0 Å². The van der Waals surface area contributed by atoms with Gasteiger partial charge < -0.3 is 18.9 Å². The van der Waals surface area contributed by atoms with Crippen molar-refractivity contribution in [2.45, 2.75) is 91.7 Å². The van der Waals surface area contributed by atoms with Gasteiger partial charge in [-0.1, -0.05) is 25.1 Å². The number of esters is 1. The molecule has 8 heteroatoms. The number of rotatable bonds is 6. The van der Waals surface area contributed by atoms with Crippen LogP contribution in [0.3, 0.4) is 0 Å². The highest BCUT2D eigenvalue weighted by Gasteiger charge is 2.50. The van der Waals surface area contributed by atoms with E-state index in [9.17, 15) is 14.4 Å². The molecule has 8 nitrogen and oxygen atoms in total. The molecule has 206 valence electrons. The maximum Gasteiger partial charge on any atom is 0.343 e. The van der Waals surface area contributed by atoms with Gasteiger partial charge in [0.15, 0.2) is 5.60 Å². The molecule has 1 atom stereocenters. The summed E-state index contributed by atoms with van der Waals surface area (Å²) in [5.41, 5.74) is 3.13. The molecule has 1 aromatic carbocycles. The summed E-state index contributed by atoms with van der Waals surface area (Å²) >= 11 is 0. The second-order valence-corrected chi connectivity index (χ2v) is 11.8. The molecule has 0 unspecified atom stereocenters. The Kier molecular flexibility index (Phi) is 6.66. The highest BCUT2D eigenvalue weighted by molar-refractivity contribution is 5.89. The fourth-order valence-corrected chi connectivity index (χ4v) is 6.09. The second kappa shape index (κ2) is 9.59. The van der Waals surface area contributed by atoms with Crippen LogP contribution in [0.15, 0.2) is 35.1 Å². The van der Waals surface area contributed by atoms with Crippen LogP contribution in [0.2, 0.25) is 0 Å². The number of para-hydroxylation sites is 1. The van der Waals surface area contributed by atoms with Crippen LogP contribution in [0.25, 0.3) is 22.3 Å². The molecule has 2 aromatic heterocycles. The summed E-state index contributed by atoms with van der Waals surface area (Å²) in [6, 6.07) is 9.96. The van der Waals surface area contributed by atoms with E-state index in [0.29, 0.717) is 42.8 Å². The largest absolute Gasteiger partial charge is 0.458 e. The van der Waals surface area contributed by atoms with Gasteiger partial charge in [0.1, 0.15) is 6.61 Å². The topological polar surface area (TPSA) is 90.7 Å². The number of amides is 1. The van der Waals surface area contributed by atoms with Crippen LogP contribution in [-0.2, 0) is 44.2 Å². The molecule has 0 aliphatic carbocycles. The zero-order valence-electron chi connectivity index (χ0n) is 23.9. The lowest BCUT2D eigenvalue weighted by molar-refractivity contribution is -0.200. The molecule has 0 N–H and O–H groups in total. The van der Waals surface area contributed by atoms with Gasteiger partial charge >= 0.3 is 5.97 Å². The number of hydrogen-bond acceptors (Lipinski definition) is 6. The summed E-state index contributed by atoms with van der Waals surface area (Å²) in [7, 11) is 0. The summed E-state index contributed by atoms with van der Waals surface area (Å²) in [5.74, 6) is -0.438. The van der Waals surface area contributed by atoms with E-state index in [1.54, 1.807) is 11.5 Å². The van der Waals surface area contributed by atoms with E-state index in [0.717, 1.165) is 27.7 Å². The lowest BCUT2D eigenvalue weighted by Gasteiger charge is -2.40. The molecule has 2 aliphatic rings. The summed E-state index contributed by atoms with van der Waals surface area (Å²) in [4.78, 5) is 46.3. The molecule has 1 amide bonds. The highest BCUT2D eigenvalue weighted by Crippen LogP contribution is 2.43. The molecule has 0 fully saturated rings. The Morgan fingerprint density at radius 3 is 2.56 bits per heavy atom. The number of carbonyl (C=O) groups excluding carboxylic acids is 2. The molecule has 3 aromatic rings. The van der Waals surface area contributed by atoms with Crippen molar-refractivity contribution in [3.8, 4) is 11.4 Å². The number of ether oxygens (including phenoxy) is 2. The first-order valence-corrected chi connectivity index (χ1v) is 13.7. The van der Waals surface area contributed by atoms with Crippen LogP contribution in [-0.4, -0.2) is 44.5 Å². The van der Waals surface area contributed by atoms with Gasteiger partial charge in [0.2, 0.25) is 5.91 Å². The monoisotopic (exact) mass is 531 g/mol. The van der Waals surface area contributed by atoms with Crippen LogP contribution in [0.4, 0.5) is 0 Å². The summed E-state index contributed by atoms with van der Waals surface area (Å²) in [5, 5.41) is 1.02. The second-order valence-electron chi connectivity index (χ2n) is 11.8. The van der Waals surface area contributed by atoms with E-state index in [-0.39, 0.29) is 24.1 Å². The molecule has 0 spiro atoms. The van der Waals surface area contributed by atoms with Gasteiger partial charge in [-0.05, 0) is 65.2 Å². The van der Waals surface area contributed by atoms with E-state index >= 15 is 0 Å². The Labute approximate surface area is 228 Å². The highest BCUT2D eigenvalue weighted by atomic mass is 16.6. The molecule has 0 saturated carbocycles. The lowest BCUT2D eigenvalue weighted by atomic mass is 9.84. The van der Waals surface area contributed by atoms with Crippen molar-refractivity contribution in [1.82, 2.24) is 14.5 Å². The van der Waals surface area contributed by atoms with Crippen molar-refractivity contribution in [2.75, 3.05) is 6.54 Å². The molecule has 5 rings (SSSR count). The van der Waals surface area contributed by atoms with Crippen LogP contribution in [0, 0.1) is 0 Å². The number of carbonyl (C=O) groups is 2. The lowest BCUT2D eigenvalue weighted by Crippen LogP contribution is -2.49. The number of cyclic esters (lactones) is 1. The zero-order valence-corrected chi connectivity index (χ0v) is 23.9. The third-order valence-corrected chi connectivity index (χ3v) is 7.79. The third-order valence-electron chi connectivity index (χ3n) is 7.79. The van der Waals surface area contributed by atoms with Crippen molar-refractivity contribution < 1.29 is 19.1 Å². The van der Waals surface area contributed by atoms with Gasteiger partial charge in [-0.3, -0.25) is 9.59 Å². The van der Waals surface area contributed by atoms with Crippen LogP contribution in [0.1, 0.15) is 77.1 Å². The predicted octanol–water partition coefficient (Wildman–Crippen LogP) is 4.70. The van der Waals surface area contributed by atoms with Gasteiger partial charge in [0.05, 0.1) is 34.6 Å². The minimum atomic E-state index is -1.37. The Balaban J connectivity index is 1.71. The summed E-state index contributed by atoms with van der Waals surface area (Å²) in [6.07, 6.45) is 0.970. The van der Waals surface area contributed by atoms with Crippen molar-refractivity contribution >= 4 is 22.8 Å². The smallest absolute Gasteiger partial charge is 0.343 e. The first kappa shape index (κ1) is 27.1. The number of fused-ring (bicyclic) bond motifs is 5. The molecular weight excluding hydrogens is 494 g/mol. The Morgan fingerprint density at radius 1 is 1.21 bits per heavy atom. The maximum atomic E-state index is 13.9. The van der Waals surface area contributed by atoms with E-state index in [2.05, 4.69) is 0 Å². The maximum absolute atomic E-state index is 13.9. The molecule has 0 radical (unpaired) electrons.